The van der Waals surface area contributed by atoms with E-state index >= 15 is 0 Å². The van der Waals surface area contributed by atoms with Gasteiger partial charge in [-0.05, 0) is 50.7 Å². The fourth-order valence-electron chi connectivity index (χ4n) is 6.28. The topological polar surface area (TPSA) is 0 Å². The molecule has 160 valence electrons. The maximum Gasteiger partial charge on any atom is 0.0829 e. The Morgan fingerprint density at radius 1 is 0.724 bits per heavy atom. The second-order valence-electron chi connectivity index (χ2n) is 10.1. The Morgan fingerprint density at radius 3 is 1.72 bits per heavy atom. The van der Waals surface area contributed by atoms with Crippen LogP contribution in [0.15, 0.2) is 52.6 Å². The zero-order valence-electron chi connectivity index (χ0n) is 19.8. The Hall–Kier alpha value is -1.08. The smallest absolute Gasteiger partial charge is 0.0671 e. The summed E-state index contributed by atoms with van der Waals surface area (Å²) in [5.74, 6) is 0.797. The molecule has 1 saturated carbocycles. The molecule has 2 aliphatic rings. The van der Waals surface area contributed by atoms with Crippen LogP contribution >= 0.6 is 0 Å². The zero-order chi connectivity index (χ0) is 20.9. The van der Waals surface area contributed by atoms with E-state index in [2.05, 4.69) is 64.6 Å². The summed E-state index contributed by atoms with van der Waals surface area (Å²) in [4.78, 5) is 0. The standard InChI is InChI=1S/C28H44Si/c1-22-23(2)27(25-18-14-11-9-7-6-8-10-12-15-19-25)28(4,24(22)3)29(5)26-20-16-13-17-21-26/h13,16-17,20-21,25,29H,6-12,14-15,18-19H2,1-5H3. The van der Waals surface area contributed by atoms with Gasteiger partial charge in [-0.15, -0.1) is 0 Å². The Morgan fingerprint density at radius 2 is 1.21 bits per heavy atom. The molecule has 1 aromatic carbocycles. The third-order valence-electron chi connectivity index (χ3n) is 8.55. The molecule has 0 N–H and O–H groups in total. The third-order valence-corrected chi connectivity index (χ3v) is 12.4. The van der Waals surface area contributed by atoms with Crippen LogP contribution in [0, 0.1) is 5.92 Å². The molecule has 0 nitrogen and oxygen atoms in total. The molecule has 1 aromatic rings. The molecule has 1 fully saturated rings. The minimum atomic E-state index is -1.17. The van der Waals surface area contributed by atoms with Crippen molar-refractivity contribution in [2.45, 2.75) is 110 Å². The van der Waals surface area contributed by atoms with Gasteiger partial charge in [0.2, 0.25) is 0 Å². The van der Waals surface area contributed by atoms with Crippen molar-refractivity contribution < 1.29 is 0 Å². The van der Waals surface area contributed by atoms with Crippen LogP contribution in [0.3, 0.4) is 0 Å². The molecule has 2 atom stereocenters. The number of rotatable bonds is 3. The Balaban J connectivity index is 1.92. The first kappa shape index (κ1) is 22.6. The highest BCUT2D eigenvalue weighted by molar-refractivity contribution is 6.76. The summed E-state index contributed by atoms with van der Waals surface area (Å²) in [6, 6.07) is 11.5. The van der Waals surface area contributed by atoms with E-state index in [1.54, 1.807) is 21.9 Å². The van der Waals surface area contributed by atoms with Crippen LogP contribution in [0.5, 0.6) is 0 Å². The van der Waals surface area contributed by atoms with Gasteiger partial charge in [-0.25, -0.2) is 0 Å². The molecular formula is C28H44Si. The number of hydrogen-bond acceptors (Lipinski definition) is 0. The summed E-state index contributed by atoms with van der Waals surface area (Å²) in [5.41, 5.74) is 6.79. The van der Waals surface area contributed by atoms with Gasteiger partial charge in [0.15, 0.2) is 0 Å². The van der Waals surface area contributed by atoms with E-state index in [9.17, 15) is 0 Å². The van der Waals surface area contributed by atoms with Crippen molar-refractivity contribution in [3.8, 4) is 0 Å². The highest BCUT2D eigenvalue weighted by atomic mass is 28.3. The first-order chi connectivity index (χ1) is 14.0. The number of hydrogen-bond donors (Lipinski definition) is 0. The largest absolute Gasteiger partial charge is 0.0829 e. The lowest BCUT2D eigenvalue weighted by molar-refractivity contribution is 0.419. The maximum atomic E-state index is 2.62. The first-order valence-electron chi connectivity index (χ1n) is 12.4. The van der Waals surface area contributed by atoms with Crippen LogP contribution in [0.2, 0.25) is 11.6 Å². The molecule has 0 heterocycles. The van der Waals surface area contributed by atoms with E-state index in [-0.39, 0.29) is 0 Å². The van der Waals surface area contributed by atoms with Gasteiger partial charge in [-0.1, -0.05) is 118 Å². The van der Waals surface area contributed by atoms with Crippen molar-refractivity contribution in [1.29, 1.82) is 0 Å². The van der Waals surface area contributed by atoms with Crippen LogP contribution in [0.1, 0.15) is 98.3 Å². The normalized spacial score (nSPS) is 26.9. The van der Waals surface area contributed by atoms with Crippen LogP contribution in [0.4, 0.5) is 0 Å². The van der Waals surface area contributed by atoms with Gasteiger partial charge in [0, 0.05) is 5.04 Å². The lowest BCUT2D eigenvalue weighted by Gasteiger charge is -2.40. The van der Waals surface area contributed by atoms with E-state index in [0.29, 0.717) is 5.04 Å². The Bertz CT molecular complexity index is 714. The molecule has 0 aromatic heterocycles. The van der Waals surface area contributed by atoms with Gasteiger partial charge in [0.05, 0.1) is 8.80 Å². The molecule has 0 bridgehead atoms. The molecule has 0 spiro atoms. The monoisotopic (exact) mass is 408 g/mol. The molecule has 3 rings (SSSR count). The number of benzene rings is 1. The van der Waals surface area contributed by atoms with Crippen molar-refractivity contribution in [2.75, 3.05) is 0 Å². The molecule has 0 amide bonds. The lowest BCUT2D eigenvalue weighted by atomic mass is 9.80. The second-order valence-corrected chi connectivity index (χ2v) is 13.3. The van der Waals surface area contributed by atoms with Gasteiger partial charge >= 0.3 is 0 Å². The van der Waals surface area contributed by atoms with Crippen molar-refractivity contribution in [1.82, 2.24) is 0 Å². The van der Waals surface area contributed by atoms with Gasteiger partial charge in [0.25, 0.3) is 0 Å². The molecule has 0 aliphatic heterocycles. The summed E-state index contributed by atoms with van der Waals surface area (Å²) in [6.45, 7) is 12.5. The van der Waals surface area contributed by atoms with Crippen LogP contribution in [0.25, 0.3) is 0 Å². The van der Waals surface area contributed by atoms with Crippen molar-refractivity contribution in [3.63, 3.8) is 0 Å². The SMILES string of the molecule is CC1=C(C)C(C)([SiH](C)c2ccccc2)C(C2CCCCCCCCCCC2)=C1C. The fourth-order valence-corrected chi connectivity index (χ4v) is 9.53. The molecule has 0 saturated heterocycles. The molecule has 29 heavy (non-hydrogen) atoms. The first-order valence-corrected chi connectivity index (χ1v) is 14.7. The zero-order valence-corrected chi connectivity index (χ0v) is 21.0. The lowest BCUT2D eigenvalue weighted by Crippen LogP contribution is -2.41. The highest BCUT2D eigenvalue weighted by Gasteiger charge is 2.46. The average Bonchev–Trinajstić information content (AvgIpc) is 2.90. The quantitative estimate of drug-likeness (QED) is 0.443. The van der Waals surface area contributed by atoms with E-state index in [1.165, 1.54) is 70.6 Å². The van der Waals surface area contributed by atoms with E-state index in [1.807, 2.05) is 5.57 Å². The molecule has 2 unspecified atom stereocenters. The minimum absolute atomic E-state index is 0.303. The summed E-state index contributed by atoms with van der Waals surface area (Å²) < 4.78 is 0. The Labute approximate surface area is 182 Å². The maximum absolute atomic E-state index is 2.62. The predicted octanol–water partition coefficient (Wildman–Crippen LogP) is 8.10. The predicted molar refractivity (Wildman–Crippen MR) is 133 cm³/mol. The van der Waals surface area contributed by atoms with Crippen molar-refractivity contribution in [2.24, 2.45) is 5.92 Å². The summed E-state index contributed by atoms with van der Waals surface area (Å²) in [5, 5.41) is 1.93. The van der Waals surface area contributed by atoms with Gasteiger partial charge in [-0.3, -0.25) is 0 Å². The summed E-state index contributed by atoms with van der Waals surface area (Å²) in [6.07, 6.45) is 15.9. The highest BCUT2D eigenvalue weighted by Crippen LogP contribution is 2.58. The second kappa shape index (κ2) is 10.3. The molecule has 1 heteroatoms. The van der Waals surface area contributed by atoms with E-state index in [4.69, 9.17) is 0 Å². The van der Waals surface area contributed by atoms with Gasteiger partial charge < -0.3 is 0 Å². The minimum Gasteiger partial charge on any atom is -0.0671 e. The average molecular weight is 409 g/mol. The van der Waals surface area contributed by atoms with E-state index < -0.39 is 8.80 Å². The molecule has 2 aliphatic carbocycles. The third kappa shape index (κ3) is 4.81. The Kier molecular flexibility index (Phi) is 8.02. The fraction of sp³-hybridized carbons (Fsp3) is 0.643. The summed E-state index contributed by atoms with van der Waals surface area (Å²) in [7, 11) is -1.17. The van der Waals surface area contributed by atoms with E-state index in [0.717, 1.165) is 5.92 Å². The van der Waals surface area contributed by atoms with Crippen molar-refractivity contribution in [3.05, 3.63) is 52.6 Å². The van der Waals surface area contributed by atoms with Crippen LogP contribution in [-0.4, -0.2) is 8.80 Å². The van der Waals surface area contributed by atoms with Crippen molar-refractivity contribution >= 4 is 14.0 Å². The van der Waals surface area contributed by atoms with Crippen LogP contribution < -0.4 is 5.19 Å². The van der Waals surface area contributed by atoms with Crippen LogP contribution in [-0.2, 0) is 0 Å². The van der Waals surface area contributed by atoms with Gasteiger partial charge in [0.1, 0.15) is 0 Å². The number of allylic oxidation sites excluding steroid dienone is 4. The van der Waals surface area contributed by atoms with Gasteiger partial charge in [-0.2, -0.15) is 0 Å². The molecule has 0 radical (unpaired) electrons. The summed E-state index contributed by atoms with van der Waals surface area (Å²) >= 11 is 0. The molecular weight excluding hydrogens is 364 g/mol.